The number of methoxy groups -OCH3 is 1. The highest BCUT2D eigenvalue weighted by Gasteiger charge is 2.08. The quantitative estimate of drug-likeness (QED) is 0.521. The summed E-state index contributed by atoms with van der Waals surface area (Å²) in [7, 11) is 1.65. The molecule has 0 aliphatic heterocycles. The molecule has 0 saturated heterocycles. The van der Waals surface area contributed by atoms with Crippen molar-refractivity contribution in [3.05, 3.63) is 28.7 Å². The van der Waals surface area contributed by atoms with Gasteiger partial charge < -0.3 is 15.4 Å². The monoisotopic (exact) mass is 402 g/mol. The zero-order chi connectivity index (χ0) is 15.8. The number of anilines is 2. The maximum atomic E-state index is 11.9. The number of carbonyl (C=O) groups excluding carboxylic acids is 1. The van der Waals surface area contributed by atoms with Crippen LogP contribution in [0.2, 0.25) is 0 Å². The van der Waals surface area contributed by atoms with Crippen molar-refractivity contribution < 1.29 is 9.53 Å². The van der Waals surface area contributed by atoms with Crippen molar-refractivity contribution in [3.63, 3.8) is 0 Å². The van der Waals surface area contributed by atoms with E-state index < -0.39 is 0 Å². The van der Waals surface area contributed by atoms with Gasteiger partial charge in [-0.05, 0) is 18.2 Å². The van der Waals surface area contributed by atoms with Crippen LogP contribution in [-0.2, 0) is 9.53 Å². The SMILES string of the molecule is COCCNc1nnc(SCC(=O)Nc2cccc(Br)c2)s1. The summed E-state index contributed by atoms with van der Waals surface area (Å²) in [6, 6.07) is 7.47. The van der Waals surface area contributed by atoms with Gasteiger partial charge in [-0.1, -0.05) is 45.1 Å². The molecule has 2 N–H and O–H groups in total. The Bertz CT molecular complexity index is 624. The van der Waals surface area contributed by atoms with Crippen molar-refractivity contribution in [2.75, 3.05) is 36.6 Å². The molecule has 0 spiro atoms. The second-order valence-corrected chi connectivity index (χ2v) is 7.26. The van der Waals surface area contributed by atoms with Crippen LogP contribution < -0.4 is 10.6 Å². The largest absolute Gasteiger partial charge is 0.383 e. The van der Waals surface area contributed by atoms with Crippen LogP contribution in [0.1, 0.15) is 0 Å². The van der Waals surface area contributed by atoms with Gasteiger partial charge in [0.1, 0.15) is 0 Å². The maximum Gasteiger partial charge on any atom is 0.234 e. The van der Waals surface area contributed by atoms with Crippen molar-refractivity contribution in [2.24, 2.45) is 0 Å². The van der Waals surface area contributed by atoms with E-state index >= 15 is 0 Å². The van der Waals surface area contributed by atoms with Crippen LogP contribution in [0.25, 0.3) is 0 Å². The van der Waals surface area contributed by atoms with Gasteiger partial charge in [-0.3, -0.25) is 4.79 Å². The maximum absolute atomic E-state index is 11.9. The summed E-state index contributed by atoms with van der Waals surface area (Å²) in [4.78, 5) is 11.9. The first-order valence-corrected chi connectivity index (χ1v) is 9.01. The molecular formula is C13H15BrN4O2S2. The Morgan fingerprint density at radius 1 is 1.45 bits per heavy atom. The zero-order valence-electron chi connectivity index (χ0n) is 11.8. The van der Waals surface area contributed by atoms with Gasteiger partial charge in [-0.2, -0.15) is 0 Å². The van der Waals surface area contributed by atoms with Crippen molar-refractivity contribution in [1.82, 2.24) is 10.2 Å². The summed E-state index contributed by atoms with van der Waals surface area (Å²) in [5.74, 6) is 0.214. The molecule has 1 amide bonds. The summed E-state index contributed by atoms with van der Waals surface area (Å²) in [5.41, 5.74) is 0.763. The molecule has 1 heterocycles. The lowest BCUT2D eigenvalue weighted by atomic mass is 10.3. The van der Waals surface area contributed by atoms with E-state index in [1.54, 1.807) is 7.11 Å². The minimum Gasteiger partial charge on any atom is -0.383 e. The van der Waals surface area contributed by atoms with Gasteiger partial charge in [0.05, 0.1) is 12.4 Å². The van der Waals surface area contributed by atoms with E-state index in [1.807, 2.05) is 24.3 Å². The number of amides is 1. The highest BCUT2D eigenvalue weighted by molar-refractivity contribution is 9.10. The van der Waals surface area contributed by atoms with E-state index in [0.29, 0.717) is 18.9 Å². The van der Waals surface area contributed by atoms with E-state index in [9.17, 15) is 4.79 Å². The van der Waals surface area contributed by atoms with E-state index in [4.69, 9.17) is 4.74 Å². The van der Waals surface area contributed by atoms with Crippen LogP contribution in [-0.4, -0.2) is 42.1 Å². The van der Waals surface area contributed by atoms with Crippen molar-refractivity contribution in [1.29, 1.82) is 0 Å². The van der Waals surface area contributed by atoms with Crippen LogP contribution in [0.4, 0.5) is 10.8 Å². The number of hydrogen-bond acceptors (Lipinski definition) is 7. The number of carbonyl (C=O) groups is 1. The second-order valence-electron chi connectivity index (χ2n) is 4.14. The molecule has 0 radical (unpaired) electrons. The third-order valence-electron chi connectivity index (χ3n) is 2.42. The Morgan fingerprint density at radius 3 is 3.09 bits per heavy atom. The van der Waals surface area contributed by atoms with E-state index in [-0.39, 0.29) is 5.91 Å². The summed E-state index contributed by atoms with van der Waals surface area (Å²) in [6.45, 7) is 1.29. The van der Waals surface area contributed by atoms with Crippen LogP contribution in [0.3, 0.4) is 0 Å². The average molecular weight is 403 g/mol. The molecule has 6 nitrogen and oxygen atoms in total. The smallest absolute Gasteiger partial charge is 0.234 e. The standard InChI is InChI=1S/C13H15BrN4O2S2/c1-20-6-5-15-12-17-18-13(22-12)21-8-11(19)16-10-4-2-3-9(14)7-10/h2-4,7H,5-6,8H2,1H3,(H,15,17)(H,16,19). The van der Waals surface area contributed by atoms with Gasteiger partial charge >= 0.3 is 0 Å². The zero-order valence-corrected chi connectivity index (χ0v) is 15.1. The molecule has 0 atom stereocenters. The molecule has 0 unspecified atom stereocenters. The van der Waals surface area contributed by atoms with Gasteiger partial charge in [0, 0.05) is 23.8 Å². The fourth-order valence-corrected chi connectivity index (χ4v) is 3.47. The number of nitrogens with one attached hydrogen (secondary N) is 2. The first kappa shape index (κ1) is 17.2. The number of nitrogens with zero attached hydrogens (tertiary/aromatic N) is 2. The number of halogens is 1. The van der Waals surface area contributed by atoms with Crippen LogP contribution >= 0.6 is 39.0 Å². The lowest BCUT2D eigenvalue weighted by Gasteiger charge is -2.04. The number of ether oxygens (including phenoxy) is 1. The van der Waals surface area contributed by atoms with Crippen LogP contribution in [0.15, 0.2) is 33.1 Å². The molecule has 22 heavy (non-hydrogen) atoms. The average Bonchev–Trinajstić information content (AvgIpc) is 2.93. The van der Waals surface area contributed by atoms with Gasteiger partial charge in [0.2, 0.25) is 11.0 Å². The van der Waals surface area contributed by atoms with Crippen molar-refractivity contribution in [2.45, 2.75) is 4.34 Å². The van der Waals surface area contributed by atoms with Crippen LogP contribution in [0.5, 0.6) is 0 Å². The second kappa shape index (κ2) is 9.09. The third-order valence-corrected chi connectivity index (χ3v) is 4.93. The Balaban J connectivity index is 1.76. The topological polar surface area (TPSA) is 76.1 Å². The van der Waals surface area contributed by atoms with Gasteiger partial charge in [0.25, 0.3) is 0 Å². The Hall–Kier alpha value is -1.16. The Labute approximate surface area is 145 Å². The highest BCUT2D eigenvalue weighted by Crippen LogP contribution is 2.25. The predicted octanol–water partition coefficient (Wildman–Crippen LogP) is 3.09. The molecule has 9 heteroatoms. The predicted molar refractivity (Wildman–Crippen MR) is 93.8 cm³/mol. The van der Waals surface area contributed by atoms with E-state index in [2.05, 4.69) is 36.8 Å². The molecule has 118 valence electrons. The Morgan fingerprint density at radius 2 is 2.32 bits per heavy atom. The van der Waals surface area contributed by atoms with Crippen molar-refractivity contribution in [3.8, 4) is 0 Å². The van der Waals surface area contributed by atoms with Gasteiger partial charge in [-0.15, -0.1) is 10.2 Å². The number of aromatic nitrogens is 2. The minimum atomic E-state index is -0.0767. The lowest BCUT2D eigenvalue weighted by Crippen LogP contribution is -2.13. The fourth-order valence-electron chi connectivity index (χ4n) is 1.49. The molecular weight excluding hydrogens is 388 g/mol. The highest BCUT2D eigenvalue weighted by atomic mass is 79.9. The first-order chi connectivity index (χ1) is 10.7. The molecule has 0 bridgehead atoms. The molecule has 2 aromatic rings. The van der Waals surface area contributed by atoms with Crippen molar-refractivity contribution >= 4 is 55.8 Å². The number of rotatable bonds is 8. The fraction of sp³-hybridized carbons (Fsp3) is 0.308. The molecule has 1 aromatic carbocycles. The normalized spacial score (nSPS) is 10.5. The summed E-state index contributed by atoms with van der Waals surface area (Å²) >= 11 is 6.15. The molecule has 0 saturated carbocycles. The minimum absolute atomic E-state index is 0.0767. The number of benzene rings is 1. The summed E-state index contributed by atoms with van der Waals surface area (Å²) in [5, 5.41) is 14.7. The molecule has 1 aromatic heterocycles. The van der Waals surface area contributed by atoms with Crippen LogP contribution in [0, 0.1) is 0 Å². The molecule has 0 aliphatic rings. The van der Waals surface area contributed by atoms with E-state index in [0.717, 1.165) is 19.6 Å². The number of hydrogen-bond donors (Lipinski definition) is 2. The van der Waals surface area contributed by atoms with E-state index in [1.165, 1.54) is 23.1 Å². The van der Waals surface area contributed by atoms with Gasteiger partial charge in [0.15, 0.2) is 4.34 Å². The molecule has 0 aliphatic carbocycles. The first-order valence-electron chi connectivity index (χ1n) is 6.42. The summed E-state index contributed by atoms with van der Waals surface area (Å²) < 4.78 is 6.63. The van der Waals surface area contributed by atoms with Gasteiger partial charge in [-0.25, -0.2) is 0 Å². The molecule has 2 rings (SSSR count). The lowest BCUT2D eigenvalue weighted by molar-refractivity contribution is -0.113. The number of thioether (sulfide) groups is 1. The summed E-state index contributed by atoms with van der Waals surface area (Å²) in [6.07, 6.45) is 0. The third kappa shape index (κ3) is 5.91. The Kier molecular flexibility index (Phi) is 7.10. The molecule has 0 fully saturated rings.